The van der Waals surface area contributed by atoms with Crippen molar-refractivity contribution in [2.75, 3.05) is 13.2 Å². The van der Waals surface area contributed by atoms with Gasteiger partial charge in [0, 0.05) is 6.54 Å². The molecule has 5 heteroatoms. The fraction of sp³-hybridized carbons (Fsp3) is 0.867. The molecule has 5 nitrogen and oxygen atoms in total. The normalized spacial score (nSPS) is 24.2. The molecule has 2 amide bonds. The maximum Gasteiger partial charge on any atom is 0.245 e. The Morgan fingerprint density at radius 3 is 2.35 bits per heavy atom. The smallest absolute Gasteiger partial charge is 0.245 e. The second-order valence-corrected chi connectivity index (χ2v) is 6.69. The van der Waals surface area contributed by atoms with Crippen LogP contribution in [0.25, 0.3) is 0 Å². The van der Waals surface area contributed by atoms with Crippen LogP contribution in [0, 0.1) is 5.41 Å². The molecule has 0 spiro atoms. The van der Waals surface area contributed by atoms with Crippen molar-refractivity contribution in [1.82, 2.24) is 10.2 Å². The highest BCUT2D eigenvalue weighted by Gasteiger charge is 2.45. The first-order valence-electron chi connectivity index (χ1n) is 7.41. The molecule has 0 aromatic rings. The molecular formula is C15H28N2O3. The Balaban J connectivity index is 2.89. The molecular weight excluding hydrogens is 256 g/mol. The summed E-state index contributed by atoms with van der Waals surface area (Å²) in [6.07, 6.45) is 0.738. The maximum absolute atomic E-state index is 12.5. The molecule has 1 rings (SSSR count). The molecule has 1 aliphatic heterocycles. The Morgan fingerprint density at radius 1 is 1.30 bits per heavy atom. The lowest BCUT2D eigenvalue weighted by molar-refractivity contribution is -0.155. The molecule has 0 aliphatic carbocycles. The van der Waals surface area contributed by atoms with E-state index in [1.54, 1.807) is 4.90 Å². The van der Waals surface area contributed by atoms with Crippen LogP contribution in [-0.4, -0.2) is 48.1 Å². The predicted molar refractivity (Wildman–Crippen MR) is 78.3 cm³/mol. The number of ether oxygens (including phenoxy) is 1. The van der Waals surface area contributed by atoms with Crippen molar-refractivity contribution in [3.05, 3.63) is 0 Å². The quantitative estimate of drug-likeness (QED) is 0.833. The summed E-state index contributed by atoms with van der Waals surface area (Å²) < 4.78 is 5.53. The highest BCUT2D eigenvalue weighted by atomic mass is 16.5. The lowest BCUT2D eigenvalue weighted by Gasteiger charge is -2.44. The number of nitrogens with one attached hydrogen (secondary N) is 1. The molecule has 1 N–H and O–H groups in total. The number of hydrogen-bond acceptors (Lipinski definition) is 3. The first-order chi connectivity index (χ1) is 9.18. The number of amides is 2. The van der Waals surface area contributed by atoms with E-state index in [1.807, 2.05) is 41.5 Å². The SMILES string of the molecule is CCC1NC(=O)C(C(C)(C)C)N(CCOC(C)C)C1=O. The lowest BCUT2D eigenvalue weighted by atomic mass is 9.83. The minimum atomic E-state index is -0.437. The number of carbonyl (C=O) groups excluding carboxylic acids is 2. The van der Waals surface area contributed by atoms with Gasteiger partial charge in [-0.05, 0) is 25.7 Å². The van der Waals surface area contributed by atoms with Gasteiger partial charge < -0.3 is 15.0 Å². The minimum absolute atomic E-state index is 0.000573. The summed E-state index contributed by atoms with van der Waals surface area (Å²) >= 11 is 0. The second-order valence-electron chi connectivity index (χ2n) is 6.69. The van der Waals surface area contributed by atoms with Crippen molar-refractivity contribution in [3.63, 3.8) is 0 Å². The lowest BCUT2D eigenvalue weighted by Crippen LogP contribution is -2.67. The summed E-state index contributed by atoms with van der Waals surface area (Å²) in [6.45, 7) is 12.7. The van der Waals surface area contributed by atoms with Crippen LogP contribution < -0.4 is 5.32 Å². The summed E-state index contributed by atoms with van der Waals surface area (Å²) in [5.41, 5.74) is -0.295. The molecule has 20 heavy (non-hydrogen) atoms. The highest BCUT2D eigenvalue weighted by Crippen LogP contribution is 2.28. The van der Waals surface area contributed by atoms with E-state index in [4.69, 9.17) is 4.74 Å². The topological polar surface area (TPSA) is 58.6 Å². The van der Waals surface area contributed by atoms with Gasteiger partial charge in [0.25, 0.3) is 0 Å². The van der Waals surface area contributed by atoms with Gasteiger partial charge in [0.05, 0.1) is 12.7 Å². The van der Waals surface area contributed by atoms with Gasteiger partial charge in [-0.2, -0.15) is 0 Å². The Kier molecular flexibility index (Phi) is 5.57. The van der Waals surface area contributed by atoms with E-state index in [1.165, 1.54) is 0 Å². The molecule has 1 aliphatic rings. The summed E-state index contributed by atoms with van der Waals surface area (Å²) in [5, 5.41) is 2.83. The molecule has 116 valence electrons. The maximum atomic E-state index is 12.5. The van der Waals surface area contributed by atoms with Crippen LogP contribution in [0.3, 0.4) is 0 Å². The van der Waals surface area contributed by atoms with Gasteiger partial charge in [0.1, 0.15) is 12.1 Å². The molecule has 0 radical (unpaired) electrons. The van der Waals surface area contributed by atoms with E-state index in [0.29, 0.717) is 19.6 Å². The van der Waals surface area contributed by atoms with Gasteiger partial charge in [0.2, 0.25) is 11.8 Å². The second kappa shape index (κ2) is 6.57. The van der Waals surface area contributed by atoms with Crippen molar-refractivity contribution >= 4 is 11.8 Å². The summed E-state index contributed by atoms with van der Waals surface area (Å²) in [7, 11) is 0. The number of carbonyl (C=O) groups is 2. The van der Waals surface area contributed by atoms with E-state index >= 15 is 0 Å². The number of rotatable bonds is 5. The monoisotopic (exact) mass is 284 g/mol. The fourth-order valence-corrected chi connectivity index (χ4v) is 2.54. The third-order valence-electron chi connectivity index (χ3n) is 3.47. The van der Waals surface area contributed by atoms with Gasteiger partial charge in [0.15, 0.2) is 0 Å². The van der Waals surface area contributed by atoms with Crippen molar-refractivity contribution < 1.29 is 14.3 Å². The van der Waals surface area contributed by atoms with E-state index in [-0.39, 0.29) is 23.3 Å². The van der Waals surface area contributed by atoms with Crippen LogP contribution in [0.5, 0.6) is 0 Å². The largest absolute Gasteiger partial charge is 0.377 e. The average Bonchev–Trinajstić information content (AvgIpc) is 2.30. The summed E-state index contributed by atoms with van der Waals surface area (Å²) in [4.78, 5) is 26.5. The third-order valence-corrected chi connectivity index (χ3v) is 3.47. The predicted octanol–water partition coefficient (Wildman–Crippen LogP) is 1.56. The van der Waals surface area contributed by atoms with E-state index in [9.17, 15) is 9.59 Å². The Morgan fingerprint density at radius 2 is 1.90 bits per heavy atom. The number of piperazine rings is 1. The van der Waals surface area contributed by atoms with Crippen molar-refractivity contribution in [3.8, 4) is 0 Å². The molecule has 1 fully saturated rings. The summed E-state index contributed by atoms with van der Waals surface area (Å²) in [5.74, 6) is -0.0621. The Bertz CT molecular complexity index is 361. The fourth-order valence-electron chi connectivity index (χ4n) is 2.54. The van der Waals surface area contributed by atoms with Gasteiger partial charge in [-0.3, -0.25) is 9.59 Å². The van der Waals surface area contributed by atoms with Crippen LogP contribution in [0.4, 0.5) is 0 Å². The van der Waals surface area contributed by atoms with E-state index in [0.717, 1.165) is 0 Å². The van der Waals surface area contributed by atoms with Crippen LogP contribution in [-0.2, 0) is 14.3 Å². The first-order valence-corrected chi connectivity index (χ1v) is 7.41. The molecule has 0 saturated carbocycles. The Labute approximate surface area is 122 Å². The Hall–Kier alpha value is -1.10. The van der Waals surface area contributed by atoms with Gasteiger partial charge in [-0.1, -0.05) is 27.7 Å². The van der Waals surface area contributed by atoms with Crippen LogP contribution in [0.15, 0.2) is 0 Å². The highest BCUT2D eigenvalue weighted by molar-refractivity contribution is 5.97. The standard InChI is InChI=1S/C15H28N2O3/c1-7-11-14(19)17(8-9-20-10(2)3)12(13(18)16-11)15(4,5)6/h10-12H,7-9H2,1-6H3,(H,16,18). The molecule has 0 aromatic carbocycles. The van der Waals surface area contributed by atoms with Gasteiger partial charge in [-0.25, -0.2) is 0 Å². The summed E-state index contributed by atoms with van der Waals surface area (Å²) in [6, 6.07) is -0.839. The molecule has 2 unspecified atom stereocenters. The molecule has 1 heterocycles. The van der Waals surface area contributed by atoms with Crippen molar-refractivity contribution in [1.29, 1.82) is 0 Å². The van der Waals surface area contributed by atoms with Crippen LogP contribution in [0.2, 0.25) is 0 Å². The molecule has 1 saturated heterocycles. The average molecular weight is 284 g/mol. The van der Waals surface area contributed by atoms with Crippen LogP contribution >= 0.6 is 0 Å². The zero-order valence-electron chi connectivity index (χ0n) is 13.5. The molecule has 0 bridgehead atoms. The van der Waals surface area contributed by atoms with Crippen LogP contribution in [0.1, 0.15) is 48.0 Å². The first kappa shape index (κ1) is 17.0. The van der Waals surface area contributed by atoms with Gasteiger partial charge >= 0.3 is 0 Å². The zero-order valence-corrected chi connectivity index (χ0v) is 13.5. The number of hydrogen-bond donors (Lipinski definition) is 1. The number of nitrogens with zero attached hydrogens (tertiary/aromatic N) is 1. The van der Waals surface area contributed by atoms with Gasteiger partial charge in [-0.15, -0.1) is 0 Å². The minimum Gasteiger partial charge on any atom is -0.377 e. The van der Waals surface area contributed by atoms with E-state index in [2.05, 4.69) is 5.32 Å². The zero-order chi connectivity index (χ0) is 15.5. The third kappa shape index (κ3) is 3.95. The van der Waals surface area contributed by atoms with Crippen molar-refractivity contribution in [2.24, 2.45) is 5.41 Å². The van der Waals surface area contributed by atoms with E-state index < -0.39 is 12.1 Å². The molecule has 2 atom stereocenters. The van der Waals surface area contributed by atoms with Crippen molar-refractivity contribution in [2.45, 2.75) is 66.2 Å². The molecule has 0 aromatic heterocycles.